The van der Waals surface area contributed by atoms with Crippen LogP contribution in [0.1, 0.15) is 16.7 Å². The van der Waals surface area contributed by atoms with Crippen LogP contribution in [-0.2, 0) is 4.79 Å². The van der Waals surface area contributed by atoms with Gasteiger partial charge in [-0.25, -0.2) is 4.79 Å². The zero-order chi connectivity index (χ0) is 17.5. The van der Waals surface area contributed by atoms with Gasteiger partial charge in [-0.3, -0.25) is 0 Å². The van der Waals surface area contributed by atoms with Crippen LogP contribution in [0.5, 0.6) is 0 Å². The SMILES string of the molecule is O=C(O)/C=C/c1ccc(/C=C/c2ccc(-c3ccccc3)cc2)cc1. The molecule has 0 saturated heterocycles. The maximum Gasteiger partial charge on any atom is 0.328 e. The first-order chi connectivity index (χ1) is 12.2. The molecular formula is C23H18O2. The Kier molecular flexibility index (Phi) is 5.22. The van der Waals surface area contributed by atoms with Crippen molar-refractivity contribution in [3.63, 3.8) is 0 Å². The zero-order valence-electron chi connectivity index (χ0n) is 13.7. The third kappa shape index (κ3) is 4.79. The van der Waals surface area contributed by atoms with Gasteiger partial charge in [0.25, 0.3) is 0 Å². The highest BCUT2D eigenvalue weighted by molar-refractivity contribution is 5.85. The van der Waals surface area contributed by atoms with Crippen LogP contribution in [0.4, 0.5) is 0 Å². The lowest BCUT2D eigenvalue weighted by Crippen LogP contribution is -1.85. The monoisotopic (exact) mass is 326 g/mol. The van der Waals surface area contributed by atoms with Crippen molar-refractivity contribution in [1.29, 1.82) is 0 Å². The highest BCUT2D eigenvalue weighted by Crippen LogP contribution is 2.20. The minimum Gasteiger partial charge on any atom is -0.478 e. The number of benzene rings is 3. The van der Waals surface area contributed by atoms with Crippen LogP contribution in [0, 0.1) is 0 Å². The third-order valence-electron chi connectivity index (χ3n) is 3.84. The van der Waals surface area contributed by atoms with E-state index in [2.05, 4.69) is 42.5 Å². The van der Waals surface area contributed by atoms with Gasteiger partial charge in [0.2, 0.25) is 0 Å². The molecule has 1 N–H and O–H groups in total. The predicted molar refractivity (Wildman–Crippen MR) is 104 cm³/mol. The largest absolute Gasteiger partial charge is 0.478 e. The molecule has 0 atom stereocenters. The molecule has 0 saturated carbocycles. The molecule has 0 unspecified atom stereocenters. The van der Waals surface area contributed by atoms with Crippen LogP contribution in [0.25, 0.3) is 29.4 Å². The highest BCUT2D eigenvalue weighted by atomic mass is 16.4. The van der Waals surface area contributed by atoms with Crippen molar-refractivity contribution in [2.45, 2.75) is 0 Å². The third-order valence-corrected chi connectivity index (χ3v) is 3.84. The van der Waals surface area contributed by atoms with Gasteiger partial charge in [0, 0.05) is 6.08 Å². The second-order valence-electron chi connectivity index (χ2n) is 5.66. The first kappa shape index (κ1) is 16.5. The van der Waals surface area contributed by atoms with E-state index in [1.807, 2.05) is 48.5 Å². The number of aliphatic carboxylic acids is 1. The van der Waals surface area contributed by atoms with E-state index < -0.39 is 5.97 Å². The zero-order valence-corrected chi connectivity index (χ0v) is 13.7. The molecule has 2 nitrogen and oxygen atoms in total. The number of hydrogen-bond acceptors (Lipinski definition) is 1. The normalized spacial score (nSPS) is 11.2. The van der Waals surface area contributed by atoms with Gasteiger partial charge in [-0.05, 0) is 33.9 Å². The van der Waals surface area contributed by atoms with E-state index >= 15 is 0 Å². The number of carboxylic acid groups (broad SMARTS) is 1. The Morgan fingerprint density at radius 2 is 1.04 bits per heavy atom. The van der Waals surface area contributed by atoms with Gasteiger partial charge in [-0.1, -0.05) is 91.0 Å². The van der Waals surface area contributed by atoms with Gasteiger partial charge in [-0.15, -0.1) is 0 Å². The Labute approximate surface area is 147 Å². The summed E-state index contributed by atoms with van der Waals surface area (Å²) in [5.74, 6) is -0.942. The summed E-state index contributed by atoms with van der Waals surface area (Å²) in [6.45, 7) is 0. The number of carbonyl (C=O) groups is 1. The molecular weight excluding hydrogens is 308 g/mol. The first-order valence-electron chi connectivity index (χ1n) is 8.05. The second kappa shape index (κ2) is 7.93. The molecule has 0 fully saturated rings. The second-order valence-corrected chi connectivity index (χ2v) is 5.66. The summed E-state index contributed by atoms with van der Waals surface area (Å²) in [6.07, 6.45) is 6.83. The van der Waals surface area contributed by atoms with Gasteiger partial charge in [0.15, 0.2) is 0 Å². The van der Waals surface area contributed by atoms with Crippen LogP contribution >= 0.6 is 0 Å². The van der Waals surface area contributed by atoms with Crippen molar-refractivity contribution in [2.24, 2.45) is 0 Å². The summed E-state index contributed by atoms with van der Waals surface area (Å²) in [7, 11) is 0. The van der Waals surface area contributed by atoms with E-state index in [-0.39, 0.29) is 0 Å². The molecule has 0 aliphatic rings. The van der Waals surface area contributed by atoms with Crippen LogP contribution in [-0.4, -0.2) is 11.1 Å². The van der Waals surface area contributed by atoms with Crippen molar-refractivity contribution in [3.05, 3.63) is 102 Å². The summed E-state index contributed by atoms with van der Waals surface area (Å²) in [6, 6.07) is 26.5. The minimum atomic E-state index is -0.942. The lowest BCUT2D eigenvalue weighted by atomic mass is 10.0. The van der Waals surface area contributed by atoms with Crippen molar-refractivity contribution >= 4 is 24.2 Å². The molecule has 2 heteroatoms. The molecule has 0 bridgehead atoms. The van der Waals surface area contributed by atoms with Gasteiger partial charge in [0.05, 0.1) is 0 Å². The van der Waals surface area contributed by atoms with Crippen LogP contribution in [0.15, 0.2) is 84.9 Å². The maximum absolute atomic E-state index is 10.5. The molecule has 0 aliphatic heterocycles. The summed E-state index contributed by atoms with van der Waals surface area (Å²) >= 11 is 0. The Morgan fingerprint density at radius 1 is 0.600 bits per heavy atom. The Balaban J connectivity index is 1.68. The first-order valence-corrected chi connectivity index (χ1v) is 8.05. The van der Waals surface area contributed by atoms with E-state index in [0.29, 0.717) is 0 Å². The molecule has 0 heterocycles. The van der Waals surface area contributed by atoms with Gasteiger partial charge in [0.1, 0.15) is 0 Å². The van der Waals surface area contributed by atoms with Gasteiger partial charge in [-0.2, -0.15) is 0 Å². The van der Waals surface area contributed by atoms with Crippen molar-refractivity contribution in [1.82, 2.24) is 0 Å². The Hall–Kier alpha value is -3.39. The van der Waals surface area contributed by atoms with Crippen LogP contribution < -0.4 is 0 Å². The highest BCUT2D eigenvalue weighted by Gasteiger charge is 1.96. The molecule has 25 heavy (non-hydrogen) atoms. The molecule has 122 valence electrons. The fourth-order valence-corrected chi connectivity index (χ4v) is 2.50. The summed E-state index contributed by atoms with van der Waals surface area (Å²) in [5, 5.41) is 8.63. The average molecular weight is 326 g/mol. The van der Waals surface area contributed by atoms with E-state index in [1.165, 1.54) is 11.1 Å². The molecule has 0 radical (unpaired) electrons. The number of hydrogen-bond donors (Lipinski definition) is 1. The predicted octanol–water partition coefficient (Wildman–Crippen LogP) is 5.62. The quantitative estimate of drug-likeness (QED) is 0.488. The Morgan fingerprint density at radius 3 is 1.56 bits per heavy atom. The summed E-state index contributed by atoms with van der Waals surface area (Å²) in [5.41, 5.74) is 5.48. The molecule has 3 aromatic carbocycles. The van der Waals surface area contributed by atoms with E-state index in [0.717, 1.165) is 22.8 Å². The van der Waals surface area contributed by atoms with Crippen molar-refractivity contribution in [2.75, 3.05) is 0 Å². The van der Waals surface area contributed by atoms with Gasteiger partial charge >= 0.3 is 5.97 Å². The standard InChI is InChI=1S/C23H18O2/c24-23(25)17-14-19-9-6-18(7-10-19)8-11-20-12-15-22(16-13-20)21-4-2-1-3-5-21/h1-17H,(H,24,25)/b11-8+,17-14+. The number of carboxylic acids is 1. The van der Waals surface area contributed by atoms with Crippen LogP contribution in [0.3, 0.4) is 0 Å². The van der Waals surface area contributed by atoms with E-state index in [4.69, 9.17) is 5.11 Å². The fourth-order valence-electron chi connectivity index (χ4n) is 2.50. The lowest BCUT2D eigenvalue weighted by Gasteiger charge is -2.02. The summed E-state index contributed by atoms with van der Waals surface area (Å²) in [4.78, 5) is 10.5. The van der Waals surface area contributed by atoms with E-state index in [9.17, 15) is 4.79 Å². The maximum atomic E-state index is 10.5. The fraction of sp³-hybridized carbons (Fsp3) is 0. The summed E-state index contributed by atoms with van der Waals surface area (Å²) < 4.78 is 0. The molecule has 0 amide bonds. The van der Waals surface area contributed by atoms with E-state index in [1.54, 1.807) is 6.08 Å². The van der Waals surface area contributed by atoms with Crippen LogP contribution in [0.2, 0.25) is 0 Å². The molecule has 3 aromatic rings. The molecule has 3 rings (SSSR count). The van der Waals surface area contributed by atoms with Crippen molar-refractivity contribution < 1.29 is 9.90 Å². The van der Waals surface area contributed by atoms with Crippen molar-refractivity contribution in [3.8, 4) is 11.1 Å². The Bertz CT molecular complexity index is 887. The molecule has 0 aliphatic carbocycles. The topological polar surface area (TPSA) is 37.3 Å². The minimum absolute atomic E-state index is 0.867. The average Bonchev–Trinajstić information content (AvgIpc) is 2.66. The van der Waals surface area contributed by atoms with Gasteiger partial charge < -0.3 is 5.11 Å². The molecule has 0 aromatic heterocycles. The smallest absolute Gasteiger partial charge is 0.328 e. The number of rotatable bonds is 5. The molecule has 0 spiro atoms. The lowest BCUT2D eigenvalue weighted by molar-refractivity contribution is -0.131.